The number of para-hydroxylation sites is 1. The predicted octanol–water partition coefficient (Wildman–Crippen LogP) is 4.39. The fourth-order valence-electron chi connectivity index (χ4n) is 3.36. The van der Waals surface area contributed by atoms with Gasteiger partial charge in [0, 0.05) is 23.1 Å². The van der Waals surface area contributed by atoms with Crippen LogP contribution in [0.2, 0.25) is 0 Å². The van der Waals surface area contributed by atoms with Gasteiger partial charge < -0.3 is 15.6 Å². The molecule has 0 bridgehead atoms. The van der Waals surface area contributed by atoms with Gasteiger partial charge in [0.05, 0.1) is 6.04 Å². The minimum atomic E-state index is -0.131. The highest BCUT2D eigenvalue weighted by molar-refractivity contribution is 5.84. The van der Waals surface area contributed by atoms with E-state index in [-0.39, 0.29) is 12.1 Å². The summed E-state index contributed by atoms with van der Waals surface area (Å²) in [5.41, 5.74) is 5.90. The molecule has 1 heterocycles. The van der Waals surface area contributed by atoms with E-state index >= 15 is 0 Å². The quantitative estimate of drug-likeness (QED) is 0.636. The molecule has 2 amide bonds. The molecule has 0 fully saturated rings. The summed E-state index contributed by atoms with van der Waals surface area (Å²) in [7, 11) is 0. The van der Waals surface area contributed by atoms with Crippen molar-refractivity contribution in [2.75, 3.05) is 6.54 Å². The average Bonchev–Trinajstić information content (AvgIpc) is 2.91. The zero-order chi connectivity index (χ0) is 17.8. The Morgan fingerprint density at radius 1 is 1.08 bits per heavy atom. The number of nitrogens with one attached hydrogen (secondary N) is 3. The molecule has 0 saturated carbocycles. The van der Waals surface area contributed by atoms with E-state index in [0.717, 1.165) is 23.2 Å². The monoisotopic (exact) mass is 335 g/mol. The minimum absolute atomic E-state index is 0.0176. The number of fused-ring (bicyclic) bond motifs is 1. The van der Waals surface area contributed by atoms with Gasteiger partial charge in [0.1, 0.15) is 0 Å². The van der Waals surface area contributed by atoms with Crippen molar-refractivity contribution in [3.8, 4) is 0 Å². The fraction of sp³-hybridized carbons (Fsp3) is 0.286. The number of hydrogen-bond acceptors (Lipinski definition) is 1. The fourth-order valence-corrected chi connectivity index (χ4v) is 3.36. The molecular formula is C21H25N3O. The third-order valence-corrected chi connectivity index (χ3v) is 4.69. The number of hydrogen-bond donors (Lipinski definition) is 3. The van der Waals surface area contributed by atoms with Gasteiger partial charge in [-0.3, -0.25) is 0 Å². The summed E-state index contributed by atoms with van der Waals surface area (Å²) < 4.78 is 0. The summed E-state index contributed by atoms with van der Waals surface area (Å²) in [5, 5.41) is 7.21. The maximum atomic E-state index is 12.2. The lowest BCUT2D eigenvalue weighted by Gasteiger charge is -2.17. The molecule has 0 aliphatic rings. The third kappa shape index (κ3) is 3.85. The Hall–Kier alpha value is -2.75. The first-order valence-corrected chi connectivity index (χ1v) is 8.72. The number of aryl methyl sites for hydroxylation is 2. The first-order chi connectivity index (χ1) is 12.1. The van der Waals surface area contributed by atoms with Crippen molar-refractivity contribution in [1.29, 1.82) is 0 Å². The molecule has 4 heteroatoms. The molecule has 0 saturated heterocycles. The van der Waals surface area contributed by atoms with E-state index in [4.69, 9.17) is 0 Å². The topological polar surface area (TPSA) is 56.9 Å². The summed E-state index contributed by atoms with van der Waals surface area (Å²) >= 11 is 0. The largest absolute Gasteiger partial charge is 0.358 e. The van der Waals surface area contributed by atoms with Crippen LogP contribution < -0.4 is 10.6 Å². The van der Waals surface area contributed by atoms with E-state index in [9.17, 15) is 4.79 Å². The Morgan fingerprint density at radius 3 is 2.60 bits per heavy atom. The average molecular weight is 335 g/mol. The SMILES string of the molecule is Cc1ccccc1C(C)NC(=O)NCCc1c(C)[nH]c2ccccc12. The Morgan fingerprint density at radius 2 is 1.80 bits per heavy atom. The highest BCUT2D eigenvalue weighted by Crippen LogP contribution is 2.22. The second-order valence-electron chi connectivity index (χ2n) is 6.50. The molecule has 1 unspecified atom stereocenters. The van der Waals surface area contributed by atoms with Crippen LogP contribution in [0, 0.1) is 13.8 Å². The number of carbonyl (C=O) groups is 1. The molecule has 0 aliphatic carbocycles. The summed E-state index contributed by atoms with van der Waals surface area (Å²) in [4.78, 5) is 15.6. The van der Waals surface area contributed by atoms with Crippen LogP contribution in [-0.2, 0) is 6.42 Å². The van der Waals surface area contributed by atoms with Gasteiger partial charge in [-0.1, -0.05) is 42.5 Å². The van der Waals surface area contributed by atoms with Crippen LogP contribution in [0.5, 0.6) is 0 Å². The van der Waals surface area contributed by atoms with E-state index in [0.29, 0.717) is 6.54 Å². The zero-order valence-electron chi connectivity index (χ0n) is 15.0. The summed E-state index contributed by atoms with van der Waals surface area (Å²) in [6.45, 7) is 6.75. The number of urea groups is 1. The molecule has 1 aromatic heterocycles. The Labute approximate surface area is 148 Å². The normalized spacial score (nSPS) is 12.1. The molecule has 3 rings (SSSR count). The van der Waals surface area contributed by atoms with Crippen LogP contribution in [0.1, 0.15) is 35.3 Å². The molecule has 0 spiro atoms. The number of aromatic nitrogens is 1. The third-order valence-electron chi connectivity index (χ3n) is 4.69. The number of rotatable bonds is 5. The van der Waals surface area contributed by atoms with Gasteiger partial charge in [0.15, 0.2) is 0 Å². The smallest absolute Gasteiger partial charge is 0.315 e. The van der Waals surface area contributed by atoms with Crippen LogP contribution in [0.4, 0.5) is 4.79 Å². The van der Waals surface area contributed by atoms with Crippen LogP contribution >= 0.6 is 0 Å². The number of aromatic amines is 1. The molecular weight excluding hydrogens is 310 g/mol. The molecule has 0 aliphatic heterocycles. The van der Waals surface area contributed by atoms with Crippen molar-refractivity contribution < 1.29 is 4.79 Å². The van der Waals surface area contributed by atoms with Gasteiger partial charge in [-0.05, 0) is 49.9 Å². The van der Waals surface area contributed by atoms with Gasteiger partial charge in [-0.25, -0.2) is 4.79 Å². The lowest BCUT2D eigenvalue weighted by molar-refractivity contribution is 0.238. The van der Waals surface area contributed by atoms with E-state index in [1.54, 1.807) is 0 Å². The molecule has 4 nitrogen and oxygen atoms in total. The second kappa shape index (κ2) is 7.43. The first kappa shape index (κ1) is 17.1. The van der Waals surface area contributed by atoms with Gasteiger partial charge in [0.25, 0.3) is 0 Å². The zero-order valence-corrected chi connectivity index (χ0v) is 15.0. The number of benzene rings is 2. The molecule has 3 N–H and O–H groups in total. The highest BCUT2D eigenvalue weighted by Gasteiger charge is 2.12. The van der Waals surface area contributed by atoms with Gasteiger partial charge in [-0.2, -0.15) is 0 Å². The van der Waals surface area contributed by atoms with Crippen molar-refractivity contribution in [2.24, 2.45) is 0 Å². The van der Waals surface area contributed by atoms with E-state index in [1.165, 1.54) is 16.5 Å². The van der Waals surface area contributed by atoms with E-state index in [1.807, 2.05) is 31.2 Å². The van der Waals surface area contributed by atoms with Crippen molar-refractivity contribution in [3.63, 3.8) is 0 Å². The highest BCUT2D eigenvalue weighted by atomic mass is 16.2. The Bertz CT molecular complexity index is 882. The Kier molecular flexibility index (Phi) is 5.08. The Balaban J connectivity index is 1.56. The molecule has 25 heavy (non-hydrogen) atoms. The second-order valence-corrected chi connectivity index (χ2v) is 6.50. The number of amides is 2. The van der Waals surface area contributed by atoms with Crippen molar-refractivity contribution >= 4 is 16.9 Å². The van der Waals surface area contributed by atoms with Gasteiger partial charge in [0.2, 0.25) is 0 Å². The van der Waals surface area contributed by atoms with Gasteiger partial charge >= 0.3 is 6.03 Å². The van der Waals surface area contributed by atoms with E-state index < -0.39 is 0 Å². The van der Waals surface area contributed by atoms with Crippen LogP contribution in [0.15, 0.2) is 48.5 Å². The van der Waals surface area contributed by atoms with Crippen LogP contribution in [0.25, 0.3) is 10.9 Å². The summed E-state index contributed by atoms with van der Waals surface area (Å²) in [6, 6.07) is 16.2. The lowest BCUT2D eigenvalue weighted by atomic mass is 10.0. The van der Waals surface area contributed by atoms with Crippen molar-refractivity contribution in [3.05, 3.63) is 70.9 Å². The van der Waals surface area contributed by atoms with Gasteiger partial charge in [-0.15, -0.1) is 0 Å². The van der Waals surface area contributed by atoms with Crippen LogP contribution in [-0.4, -0.2) is 17.6 Å². The van der Waals surface area contributed by atoms with Crippen molar-refractivity contribution in [2.45, 2.75) is 33.2 Å². The first-order valence-electron chi connectivity index (χ1n) is 8.72. The molecule has 0 radical (unpaired) electrons. The lowest BCUT2D eigenvalue weighted by Crippen LogP contribution is -2.38. The summed E-state index contributed by atoms with van der Waals surface area (Å²) in [5.74, 6) is 0. The summed E-state index contributed by atoms with van der Waals surface area (Å²) in [6.07, 6.45) is 0.808. The molecule has 3 aromatic rings. The standard InChI is InChI=1S/C21H25N3O/c1-14-8-4-5-9-17(14)15(2)24-21(25)22-13-12-18-16(3)23-20-11-7-6-10-19(18)20/h4-11,15,23H,12-13H2,1-3H3,(H2,22,24,25). The predicted molar refractivity (Wildman–Crippen MR) is 103 cm³/mol. The number of H-pyrrole nitrogens is 1. The van der Waals surface area contributed by atoms with E-state index in [2.05, 4.69) is 53.7 Å². The molecule has 1 atom stereocenters. The maximum Gasteiger partial charge on any atom is 0.315 e. The molecule has 2 aromatic carbocycles. The maximum absolute atomic E-state index is 12.2. The minimum Gasteiger partial charge on any atom is -0.358 e. The van der Waals surface area contributed by atoms with Crippen molar-refractivity contribution in [1.82, 2.24) is 15.6 Å². The van der Waals surface area contributed by atoms with Crippen LogP contribution in [0.3, 0.4) is 0 Å². The molecule has 130 valence electrons. The number of carbonyl (C=O) groups excluding carboxylic acids is 1.